The number of nitrogens with one attached hydrogen (secondary N) is 1. The number of benzene rings is 1. The Morgan fingerprint density at radius 3 is 2.35 bits per heavy atom. The second-order valence-electron chi connectivity index (χ2n) is 3.68. The van der Waals surface area contributed by atoms with Gasteiger partial charge in [0.25, 0.3) is 0 Å². The van der Waals surface area contributed by atoms with E-state index in [9.17, 15) is 19.4 Å². The number of aryl methyl sites for hydroxylation is 1. The lowest BCUT2D eigenvalue weighted by atomic mass is 10.3. The Labute approximate surface area is 93.6 Å². The average molecular weight is 272 g/mol. The number of halogens is 5. The van der Waals surface area contributed by atoms with Crippen LogP contribution in [-0.2, 0) is 6.42 Å². The van der Waals surface area contributed by atoms with Gasteiger partial charge >= 0.3 is 10.2 Å². The lowest BCUT2D eigenvalue weighted by Gasteiger charge is -2.40. The molecular formula is C9H9F5N2S. The smallest absolute Gasteiger partial charge is 0.310 e. The quantitative estimate of drug-likeness (QED) is 0.783. The molecule has 1 aromatic carbocycles. The first-order valence-electron chi connectivity index (χ1n) is 4.72. The van der Waals surface area contributed by atoms with E-state index >= 15 is 0 Å². The molecule has 0 aliphatic rings. The van der Waals surface area contributed by atoms with E-state index in [4.69, 9.17) is 0 Å². The van der Waals surface area contributed by atoms with E-state index in [0.717, 1.165) is 6.07 Å². The maximum absolute atomic E-state index is 12.5. The molecule has 0 spiro atoms. The van der Waals surface area contributed by atoms with Gasteiger partial charge in [0.1, 0.15) is 10.7 Å². The van der Waals surface area contributed by atoms with Gasteiger partial charge < -0.3 is 4.98 Å². The normalized spacial score (nSPS) is 16.8. The van der Waals surface area contributed by atoms with Crippen LogP contribution < -0.4 is 0 Å². The summed E-state index contributed by atoms with van der Waals surface area (Å²) in [5.74, 6) is 0.458. The molecule has 1 aromatic heterocycles. The first kappa shape index (κ1) is 12.2. The minimum absolute atomic E-state index is 0.0346. The van der Waals surface area contributed by atoms with Gasteiger partial charge in [0, 0.05) is 6.42 Å². The third-order valence-electron chi connectivity index (χ3n) is 2.28. The van der Waals surface area contributed by atoms with Crippen molar-refractivity contribution in [2.24, 2.45) is 0 Å². The predicted molar refractivity (Wildman–Crippen MR) is 56.9 cm³/mol. The molecule has 0 aliphatic heterocycles. The van der Waals surface area contributed by atoms with Crippen molar-refractivity contribution >= 4 is 21.3 Å². The first-order valence-corrected chi connectivity index (χ1v) is 6.67. The van der Waals surface area contributed by atoms with Crippen molar-refractivity contribution in [3.05, 3.63) is 24.0 Å². The van der Waals surface area contributed by atoms with Gasteiger partial charge in [0.05, 0.1) is 11.0 Å². The summed E-state index contributed by atoms with van der Waals surface area (Å²) in [5.41, 5.74) is 0.208. The first-order chi connectivity index (χ1) is 7.49. The highest BCUT2D eigenvalue weighted by atomic mass is 32.5. The second-order valence-corrected chi connectivity index (χ2v) is 6.09. The van der Waals surface area contributed by atoms with E-state index in [1.165, 1.54) is 0 Å². The van der Waals surface area contributed by atoms with Crippen LogP contribution in [0.1, 0.15) is 12.7 Å². The third kappa shape index (κ3) is 2.36. The number of nitrogens with zero attached hydrogens (tertiary/aromatic N) is 1. The van der Waals surface area contributed by atoms with Crippen molar-refractivity contribution in [2.45, 2.75) is 18.2 Å². The van der Waals surface area contributed by atoms with Crippen molar-refractivity contribution in [3.63, 3.8) is 0 Å². The van der Waals surface area contributed by atoms with Crippen molar-refractivity contribution < 1.29 is 19.4 Å². The summed E-state index contributed by atoms with van der Waals surface area (Å²) < 4.78 is 62.6. The van der Waals surface area contributed by atoms with Crippen molar-refractivity contribution in [2.75, 3.05) is 0 Å². The SMILES string of the molecule is CCc1nc2ccc(S(F)(F)(F)(F)F)cc2[nH]1. The zero-order chi connectivity index (χ0) is 13.0. The highest BCUT2D eigenvalue weighted by Gasteiger charge is 2.65. The molecule has 2 aromatic rings. The van der Waals surface area contributed by atoms with Gasteiger partial charge in [0.2, 0.25) is 0 Å². The Morgan fingerprint density at radius 1 is 1.18 bits per heavy atom. The van der Waals surface area contributed by atoms with E-state index in [0.29, 0.717) is 24.4 Å². The number of H-pyrrole nitrogens is 1. The van der Waals surface area contributed by atoms with Crippen LogP contribution in [0, 0.1) is 0 Å². The molecular weight excluding hydrogens is 263 g/mol. The fourth-order valence-electron chi connectivity index (χ4n) is 1.45. The van der Waals surface area contributed by atoms with Gasteiger partial charge in [-0.25, -0.2) is 4.98 Å². The molecule has 96 valence electrons. The number of rotatable bonds is 2. The van der Waals surface area contributed by atoms with Crippen molar-refractivity contribution in [1.82, 2.24) is 9.97 Å². The van der Waals surface area contributed by atoms with Crippen LogP contribution in [0.15, 0.2) is 23.1 Å². The molecule has 0 radical (unpaired) electrons. The Balaban J connectivity index is 2.68. The van der Waals surface area contributed by atoms with Crippen LogP contribution in [0.25, 0.3) is 11.0 Å². The van der Waals surface area contributed by atoms with E-state index in [1.54, 1.807) is 6.92 Å². The highest BCUT2D eigenvalue weighted by Crippen LogP contribution is 3.02. The van der Waals surface area contributed by atoms with Gasteiger partial charge in [-0.2, -0.15) is 0 Å². The van der Waals surface area contributed by atoms with Gasteiger partial charge in [0.15, 0.2) is 0 Å². The highest BCUT2D eigenvalue weighted by molar-refractivity contribution is 8.45. The van der Waals surface area contributed by atoms with Crippen molar-refractivity contribution in [3.8, 4) is 0 Å². The molecule has 1 heterocycles. The van der Waals surface area contributed by atoms with Crippen LogP contribution in [0.4, 0.5) is 19.4 Å². The van der Waals surface area contributed by atoms with Crippen LogP contribution in [0.3, 0.4) is 0 Å². The molecule has 0 saturated carbocycles. The fourth-order valence-corrected chi connectivity index (χ4v) is 2.11. The Morgan fingerprint density at radius 2 is 1.82 bits per heavy atom. The second kappa shape index (κ2) is 2.74. The maximum Gasteiger partial charge on any atom is 0.310 e. The molecule has 2 rings (SSSR count). The zero-order valence-electron chi connectivity index (χ0n) is 8.68. The van der Waals surface area contributed by atoms with E-state index in [2.05, 4.69) is 9.97 Å². The molecule has 2 nitrogen and oxygen atoms in total. The zero-order valence-corrected chi connectivity index (χ0v) is 9.50. The lowest BCUT2D eigenvalue weighted by molar-refractivity contribution is 0.364. The van der Waals surface area contributed by atoms with Gasteiger partial charge in [-0.15, -0.1) is 0 Å². The molecule has 0 aliphatic carbocycles. The van der Waals surface area contributed by atoms with Crippen molar-refractivity contribution in [1.29, 1.82) is 0 Å². The molecule has 1 N–H and O–H groups in total. The largest absolute Gasteiger partial charge is 0.342 e. The summed E-state index contributed by atoms with van der Waals surface area (Å²) in [6.45, 7) is 1.75. The number of aromatic amines is 1. The lowest BCUT2D eigenvalue weighted by Crippen LogP contribution is -2.05. The topological polar surface area (TPSA) is 28.7 Å². The summed E-state index contributed by atoms with van der Waals surface area (Å²) in [4.78, 5) is 4.61. The average Bonchev–Trinajstić information content (AvgIpc) is 2.55. The summed E-state index contributed by atoms with van der Waals surface area (Å²) in [5, 5.41) is 0. The maximum atomic E-state index is 12.5. The van der Waals surface area contributed by atoms with E-state index in [1.807, 2.05) is 0 Å². The molecule has 17 heavy (non-hydrogen) atoms. The van der Waals surface area contributed by atoms with Crippen LogP contribution in [-0.4, -0.2) is 9.97 Å². The van der Waals surface area contributed by atoms with Gasteiger partial charge in [-0.1, -0.05) is 26.4 Å². The Kier molecular flexibility index (Phi) is 1.96. The minimum Gasteiger partial charge on any atom is -0.342 e. The number of imidazole rings is 1. The molecule has 0 unspecified atom stereocenters. The Hall–Kier alpha value is -1.31. The number of aromatic nitrogens is 2. The number of fused-ring (bicyclic) bond motifs is 1. The molecule has 0 atom stereocenters. The summed E-state index contributed by atoms with van der Waals surface area (Å²) in [6.07, 6.45) is 0.487. The molecule has 0 saturated heterocycles. The van der Waals surface area contributed by atoms with E-state index in [-0.39, 0.29) is 11.0 Å². The standard InChI is InChI=1S/C9H9F5N2S/c1-2-9-15-7-4-3-6(5-8(7)16-9)17(10,11,12,13)14/h3-5H,2H2,1H3,(H,15,16). The summed E-state index contributed by atoms with van der Waals surface area (Å²) in [7, 11) is -9.60. The molecule has 8 heteroatoms. The predicted octanol–water partition coefficient (Wildman–Crippen LogP) is 4.78. The van der Waals surface area contributed by atoms with Gasteiger partial charge in [-0.3, -0.25) is 0 Å². The molecule has 0 amide bonds. The fraction of sp³-hybridized carbons (Fsp3) is 0.222. The number of hydrogen-bond donors (Lipinski definition) is 1. The summed E-state index contributed by atoms with van der Waals surface area (Å²) >= 11 is 0. The summed E-state index contributed by atoms with van der Waals surface area (Å²) in [6, 6.07) is 1.71. The van der Waals surface area contributed by atoms with Gasteiger partial charge in [-0.05, 0) is 18.2 Å². The number of hydrogen-bond acceptors (Lipinski definition) is 1. The third-order valence-corrected chi connectivity index (χ3v) is 3.43. The Bertz CT molecular complexity index is 586. The van der Waals surface area contributed by atoms with Crippen LogP contribution in [0.2, 0.25) is 0 Å². The minimum atomic E-state index is -9.60. The van der Waals surface area contributed by atoms with E-state index < -0.39 is 15.1 Å². The molecule has 0 fully saturated rings. The van der Waals surface area contributed by atoms with Crippen LogP contribution >= 0.6 is 10.2 Å². The monoisotopic (exact) mass is 272 g/mol. The molecule has 0 bridgehead atoms. The van der Waals surface area contributed by atoms with Crippen LogP contribution in [0.5, 0.6) is 0 Å².